The summed E-state index contributed by atoms with van der Waals surface area (Å²) < 4.78 is 19.3. The van der Waals surface area contributed by atoms with Gasteiger partial charge in [-0.25, -0.2) is 14.5 Å². The minimum absolute atomic E-state index is 0.240. The number of methoxy groups -OCH3 is 2. The fraction of sp³-hybridized carbons (Fsp3) is 0.103. The average Bonchev–Trinajstić information content (AvgIpc) is 3.41. The van der Waals surface area contributed by atoms with E-state index in [0.29, 0.717) is 28.9 Å². The molecule has 4 heterocycles. The molecular weight excluding hydrogens is 466 g/mol. The third kappa shape index (κ3) is 3.30. The third-order valence-corrected chi connectivity index (χ3v) is 6.78. The molecule has 7 rings (SSSR count). The molecule has 6 aromatic rings. The molecular formula is C29H21N5O3. The predicted molar refractivity (Wildman–Crippen MR) is 139 cm³/mol. The van der Waals surface area contributed by atoms with Crippen molar-refractivity contribution in [1.82, 2.24) is 24.6 Å². The van der Waals surface area contributed by atoms with Crippen LogP contribution in [-0.2, 0) is 0 Å². The van der Waals surface area contributed by atoms with Crippen molar-refractivity contribution < 1.29 is 14.2 Å². The number of rotatable bonds is 4. The van der Waals surface area contributed by atoms with Crippen molar-refractivity contribution in [2.24, 2.45) is 0 Å². The maximum absolute atomic E-state index is 6.40. The van der Waals surface area contributed by atoms with Crippen LogP contribution in [0.2, 0.25) is 0 Å². The zero-order valence-corrected chi connectivity index (χ0v) is 20.1. The lowest BCUT2D eigenvalue weighted by Gasteiger charge is -2.29. The lowest BCUT2D eigenvalue weighted by molar-refractivity contribution is 0.354. The van der Waals surface area contributed by atoms with E-state index in [9.17, 15) is 0 Å². The highest BCUT2D eigenvalue weighted by molar-refractivity contribution is 5.91. The summed E-state index contributed by atoms with van der Waals surface area (Å²) in [6.45, 7) is 0. The number of hydrogen-bond donors (Lipinski definition) is 0. The van der Waals surface area contributed by atoms with Crippen molar-refractivity contribution in [3.05, 3.63) is 102 Å². The van der Waals surface area contributed by atoms with Gasteiger partial charge in [-0.2, -0.15) is 0 Å². The van der Waals surface area contributed by atoms with E-state index >= 15 is 0 Å². The van der Waals surface area contributed by atoms with E-state index in [4.69, 9.17) is 24.3 Å². The van der Waals surface area contributed by atoms with Crippen LogP contribution in [0.5, 0.6) is 23.1 Å². The van der Waals surface area contributed by atoms with Crippen LogP contribution in [0.4, 0.5) is 0 Å². The monoisotopic (exact) mass is 487 g/mol. The molecule has 0 spiro atoms. The molecule has 180 valence electrons. The second kappa shape index (κ2) is 8.30. The summed E-state index contributed by atoms with van der Waals surface area (Å²) in [4.78, 5) is 13.7. The van der Waals surface area contributed by atoms with Gasteiger partial charge < -0.3 is 14.2 Å². The largest absolute Gasteiger partial charge is 0.493 e. The Morgan fingerprint density at radius 3 is 2.54 bits per heavy atom. The highest BCUT2D eigenvalue weighted by Crippen LogP contribution is 2.51. The van der Waals surface area contributed by atoms with Gasteiger partial charge in [0.1, 0.15) is 12.1 Å². The first-order valence-corrected chi connectivity index (χ1v) is 11.8. The van der Waals surface area contributed by atoms with E-state index < -0.39 is 0 Å². The van der Waals surface area contributed by atoms with Crippen molar-refractivity contribution in [2.45, 2.75) is 5.92 Å². The fourth-order valence-corrected chi connectivity index (χ4v) is 5.09. The lowest BCUT2D eigenvalue weighted by atomic mass is 9.81. The van der Waals surface area contributed by atoms with Gasteiger partial charge in [-0.05, 0) is 46.7 Å². The normalized spacial score (nSPS) is 14.2. The molecule has 1 unspecified atom stereocenters. The Balaban J connectivity index is 1.54. The van der Waals surface area contributed by atoms with Gasteiger partial charge in [0, 0.05) is 29.4 Å². The fourth-order valence-electron chi connectivity index (χ4n) is 5.09. The average molecular weight is 488 g/mol. The number of benzene rings is 3. The summed E-state index contributed by atoms with van der Waals surface area (Å²) in [7, 11) is 3.27. The molecule has 0 bridgehead atoms. The van der Waals surface area contributed by atoms with Crippen molar-refractivity contribution in [2.75, 3.05) is 14.2 Å². The molecule has 0 fully saturated rings. The second-order valence-corrected chi connectivity index (χ2v) is 8.75. The predicted octanol–water partition coefficient (Wildman–Crippen LogP) is 5.64. The summed E-state index contributed by atoms with van der Waals surface area (Å²) in [6.07, 6.45) is 5.10. The highest BCUT2D eigenvalue weighted by atomic mass is 16.5. The lowest BCUT2D eigenvalue weighted by Crippen LogP contribution is -2.15. The molecule has 3 aromatic heterocycles. The summed E-state index contributed by atoms with van der Waals surface area (Å²) in [5.41, 5.74) is 4.43. The molecule has 0 radical (unpaired) electrons. The number of nitrogens with zero attached hydrogens (tertiary/aromatic N) is 5. The minimum atomic E-state index is -0.240. The van der Waals surface area contributed by atoms with Crippen LogP contribution in [0.15, 0.2) is 85.5 Å². The van der Waals surface area contributed by atoms with Crippen molar-refractivity contribution in [3.63, 3.8) is 0 Å². The van der Waals surface area contributed by atoms with Crippen molar-refractivity contribution in [3.8, 4) is 34.5 Å². The van der Waals surface area contributed by atoms with Gasteiger partial charge in [-0.3, -0.25) is 4.98 Å². The number of hydrogen-bond acceptors (Lipinski definition) is 7. The van der Waals surface area contributed by atoms with Gasteiger partial charge in [-0.1, -0.05) is 36.4 Å². The minimum Gasteiger partial charge on any atom is -0.493 e. The van der Waals surface area contributed by atoms with E-state index in [1.807, 2.05) is 42.5 Å². The van der Waals surface area contributed by atoms with Gasteiger partial charge in [0.15, 0.2) is 23.0 Å². The van der Waals surface area contributed by atoms with Crippen LogP contribution in [0.3, 0.4) is 0 Å². The van der Waals surface area contributed by atoms with Crippen LogP contribution < -0.4 is 14.2 Å². The molecule has 0 aliphatic carbocycles. The molecule has 8 heteroatoms. The summed E-state index contributed by atoms with van der Waals surface area (Å²) in [5.74, 6) is 2.92. The summed E-state index contributed by atoms with van der Waals surface area (Å²) in [6, 6.07) is 22.1. The molecule has 0 amide bonds. The smallest absolute Gasteiger partial charge is 0.228 e. The Hall–Kier alpha value is -4.98. The third-order valence-electron chi connectivity index (χ3n) is 6.78. The Morgan fingerprint density at radius 1 is 0.865 bits per heavy atom. The zero-order chi connectivity index (χ0) is 24.9. The molecule has 0 saturated heterocycles. The molecule has 0 N–H and O–H groups in total. The van der Waals surface area contributed by atoms with Gasteiger partial charge in [0.05, 0.1) is 19.8 Å². The number of fused-ring (bicyclic) bond motifs is 6. The van der Waals surface area contributed by atoms with E-state index in [0.717, 1.165) is 38.8 Å². The molecule has 37 heavy (non-hydrogen) atoms. The SMILES string of the molecule is COc1ccc(C2c3c(ccc4ccccc34)Oc3ncn4nc(-c5ccncc5)nc4c32)cc1OC. The van der Waals surface area contributed by atoms with Crippen molar-refractivity contribution in [1.29, 1.82) is 0 Å². The first-order chi connectivity index (χ1) is 18.2. The first-order valence-electron chi connectivity index (χ1n) is 11.8. The van der Waals surface area contributed by atoms with Gasteiger partial charge >= 0.3 is 0 Å². The van der Waals surface area contributed by atoms with E-state index in [1.54, 1.807) is 37.5 Å². The molecule has 1 atom stereocenters. The molecule has 1 aliphatic heterocycles. The quantitative estimate of drug-likeness (QED) is 0.318. The molecule has 1 aliphatic rings. The maximum Gasteiger partial charge on any atom is 0.228 e. The van der Waals surface area contributed by atoms with Crippen LogP contribution in [0.25, 0.3) is 27.8 Å². The van der Waals surface area contributed by atoms with E-state index in [-0.39, 0.29) is 5.92 Å². The van der Waals surface area contributed by atoms with Crippen LogP contribution in [0, 0.1) is 0 Å². The van der Waals surface area contributed by atoms with Crippen LogP contribution in [0.1, 0.15) is 22.6 Å². The molecule has 8 nitrogen and oxygen atoms in total. The van der Waals surface area contributed by atoms with E-state index in [2.05, 4.69) is 34.2 Å². The Morgan fingerprint density at radius 2 is 1.70 bits per heavy atom. The zero-order valence-electron chi connectivity index (χ0n) is 20.1. The topological polar surface area (TPSA) is 83.7 Å². The molecule has 0 saturated carbocycles. The standard InChI is InChI=1S/C29H21N5O3/c1-35-21-9-8-19(15-23(21)36-2)24-25-20-6-4-3-5-17(20)7-10-22(25)37-29-26(24)28-32-27(33-34(28)16-31-29)18-11-13-30-14-12-18/h3-16,24H,1-2H3. The maximum atomic E-state index is 6.40. The Kier molecular flexibility index (Phi) is 4.78. The Bertz CT molecular complexity index is 1800. The Labute approximate surface area is 212 Å². The van der Waals surface area contributed by atoms with Gasteiger partial charge in [-0.15, -0.1) is 5.10 Å². The highest BCUT2D eigenvalue weighted by Gasteiger charge is 2.35. The second-order valence-electron chi connectivity index (χ2n) is 8.75. The number of pyridine rings is 1. The van der Waals surface area contributed by atoms with Gasteiger partial charge in [0.2, 0.25) is 5.88 Å². The van der Waals surface area contributed by atoms with Crippen LogP contribution in [-0.4, -0.2) is 38.8 Å². The summed E-state index contributed by atoms with van der Waals surface area (Å²) in [5, 5.41) is 6.93. The summed E-state index contributed by atoms with van der Waals surface area (Å²) >= 11 is 0. The molecule has 3 aromatic carbocycles. The van der Waals surface area contributed by atoms with Crippen LogP contribution >= 0.6 is 0 Å². The first kappa shape index (κ1) is 21.3. The van der Waals surface area contributed by atoms with E-state index in [1.165, 1.54) is 0 Å². The number of aromatic nitrogens is 5. The van der Waals surface area contributed by atoms with Gasteiger partial charge in [0.25, 0.3) is 0 Å². The van der Waals surface area contributed by atoms with Crippen molar-refractivity contribution >= 4 is 16.4 Å². The number of ether oxygens (including phenoxy) is 3.